The minimum Gasteiger partial charge on any atom is -0.367 e. The van der Waals surface area contributed by atoms with Gasteiger partial charge in [-0.2, -0.15) is 0 Å². The summed E-state index contributed by atoms with van der Waals surface area (Å²) in [6, 6.07) is 9.07. The molecule has 0 spiro atoms. The normalized spacial score (nSPS) is 15.5. The van der Waals surface area contributed by atoms with E-state index in [1.807, 2.05) is 13.8 Å². The van der Waals surface area contributed by atoms with E-state index in [-0.39, 0.29) is 0 Å². The Morgan fingerprint density at radius 1 is 1.05 bits per heavy atom. The Balaban J connectivity index is 0.000000693. The molecule has 3 nitrogen and oxygen atoms in total. The topological polar surface area (TPSA) is 37.8 Å². The fraction of sp³-hybridized carbons (Fsp3) is 0.444. The van der Waals surface area contributed by atoms with Gasteiger partial charge in [-0.25, -0.2) is 9.97 Å². The third kappa shape index (κ3) is 2.93. The molecule has 116 valence electrons. The number of hydrogen-bond donors (Lipinski definition) is 1. The summed E-state index contributed by atoms with van der Waals surface area (Å²) in [5, 5.41) is 6.12. The van der Waals surface area contributed by atoms with Crippen molar-refractivity contribution in [3.8, 4) is 0 Å². The molecule has 0 amide bonds. The average Bonchev–Trinajstić information content (AvgIpc) is 2.97. The third-order valence-electron chi connectivity index (χ3n) is 4.12. The van der Waals surface area contributed by atoms with Crippen LogP contribution >= 0.6 is 11.3 Å². The van der Waals surface area contributed by atoms with E-state index in [9.17, 15) is 0 Å². The number of aromatic nitrogens is 2. The molecular weight excluding hydrogens is 290 g/mol. The van der Waals surface area contributed by atoms with E-state index in [4.69, 9.17) is 0 Å². The molecule has 1 N–H and O–H groups in total. The highest BCUT2D eigenvalue weighted by Gasteiger charge is 2.17. The van der Waals surface area contributed by atoms with Gasteiger partial charge < -0.3 is 5.32 Å². The largest absolute Gasteiger partial charge is 0.367 e. The summed E-state index contributed by atoms with van der Waals surface area (Å²) in [6.07, 6.45) is 8.23. The monoisotopic (exact) mass is 313 g/mol. The first-order valence-corrected chi connectivity index (χ1v) is 9.12. The molecule has 1 fully saturated rings. The maximum Gasteiger partial charge on any atom is 0.139 e. The molecule has 1 aliphatic carbocycles. The number of nitrogens with zero attached hydrogens (tertiary/aromatic N) is 2. The second-order valence-electron chi connectivity index (χ2n) is 5.48. The molecule has 1 saturated carbocycles. The Morgan fingerprint density at radius 3 is 2.64 bits per heavy atom. The molecule has 0 aliphatic heterocycles. The lowest BCUT2D eigenvalue weighted by Gasteiger charge is -2.23. The summed E-state index contributed by atoms with van der Waals surface area (Å²) in [7, 11) is 0. The molecular formula is C18H23N3S. The molecule has 4 rings (SSSR count). The number of benzene rings is 1. The fourth-order valence-electron chi connectivity index (χ4n) is 3.11. The molecule has 22 heavy (non-hydrogen) atoms. The fourth-order valence-corrected chi connectivity index (χ4v) is 4.15. The van der Waals surface area contributed by atoms with Crippen LogP contribution in [-0.4, -0.2) is 16.0 Å². The Kier molecular flexibility index (Phi) is 4.88. The maximum absolute atomic E-state index is 4.51. The van der Waals surface area contributed by atoms with Crippen molar-refractivity contribution < 1.29 is 0 Å². The van der Waals surface area contributed by atoms with Crippen molar-refractivity contribution in [1.29, 1.82) is 0 Å². The SMILES string of the molecule is CC.c1ccc2c(c1)sc1ncnc(NC3CCCCC3)c12. The quantitative estimate of drug-likeness (QED) is 0.667. The minimum atomic E-state index is 0.570. The van der Waals surface area contributed by atoms with Gasteiger partial charge in [-0.05, 0) is 18.9 Å². The number of thiophene rings is 1. The number of nitrogens with one attached hydrogen (secondary N) is 1. The van der Waals surface area contributed by atoms with E-state index in [1.165, 1.54) is 47.6 Å². The van der Waals surface area contributed by atoms with Gasteiger partial charge in [0.15, 0.2) is 0 Å². The molecule has 2 heterocycles. The molecule has 4 heteroatoms. The first kappa shape index (κ1) is 15.2. The lowest BCUT2D eigenvalue weighted by molar-refractivity contribution is 0.462. The lowest BCUT2D eigenvalue weighted by Crippen LogP contribution is -2.22. The Morgan fingerprint density at radius 2 is 1.82 bits per heavy atom. The Hall–Kier alpha value is -1.68. The van der Waals surface area contributed by atoms with Crippen LogP contribution in [0, 0.1) is 0 Å². The zero-order valence-corrected chi connectivity index (χ0v) is 14.1. The van der Waals surface area contributed by atoms with Crippen LogP contribution in [0.4, 0.5) is 5.82 Å². The highest BCUT2D eigenvalue weighted by molar-refractivity contribution is 7.25. The van der Waals surface area contributed by atoms with Crippen molar-refractivity contribution in [2.24, 2.45) is 0 Å². The van der Waals surface area contributed by atoms with Gasteiger partial charge in [-0.1, -0.05) is 51.3 Å². The van der Waals surface area contributed by atoms with Crippen molar-refractivity contribution in [2.75, 3.05) is 5.32 Å². The molecule has 1 aromatic carbocycles. The van der Waals surface area contributed by atoms with E-state index in [0.29, 0.717) is 6.04 Å². The summed E-state index contributed by atoms with van der Waals surface area (Å²) in [6.45, 7) is 4.00. The molecule has 3 aromatic rings. The molecule has 0 bridgehead atoms. The van der Waals surface area contributed by atoms with E-state index < -0.39 is 0 Å². The Labute approximate surface area is 135 Å². The van der Waals surface area contributed by atoms with Gasteiger partial charge in [0, 0.05) is 16.1 Å². The van der Waals surface area contributed by atoms with Crippen molar-refractivity contribution in [1.82, 2.24) is 9.97 Å². The van der Waals surface area contributed by atoms with E-state index in [0.717, 1.165) is 10.6 Å². The highest BCUT2D eigenvalue weighted by atomic mass is 32.1. The number of hydrogen-bond acceptors (Lipinski definition) is 4. The zero-order valence-electron chi connectivity index (χ0n) is 13.3. The van der Waals surface area contributed by atoms with Gasteiger partial charge in [0.05, 0.1) is 5.39 Å². The highest BCUT2D eigenvalue weighted by Crippen LogP contribution is 2.36. The van der Waals surface area contributed by atoms with Crippen molar-refractivity contribution in [3.63, 3.8) is 0 Å². The summed E-state index contributed by atoms with van der Waals surface area (Å²) in [5.74, 6) is 1.01. The Bertz CT molecular complexity index is 744. The first-order chi connectivity index (χ1) is 10.9. The average molecular weight is 313 g/mol. The van der Waals surface area contributed by atoms with Gasteiger partial charge >= 0.3 is 0 Å². The van der Waals surface area contributed by atoms with Crippen LogP contribution in [0.3, 0.4) is 0 Å². The van der Waals surface area contributed by atoms with Crippen LogP contribution in [-0.2, 0) is 0 Å². The third-order valence-corrected chi connectivity index (χ3v) is 5.20. The van der Waals surface area contributed by atoms with Crippen LogP contribution in [0.5, 0.6) is 0 Å². The van der Waals surface area contributed by atoms with Crippen molar-refractivity contribution in [2.45, 2.75) is 52.0 Å². The van der Waals surface area contributed by atoms with Crippen molar-refractivity contribution in [3.05, 3.63) is 30.6 Å². The van der Waals surface area contributed by atoms with Crippen molar-refractivity contribution >= 4 is 37.5 Å². The molecule has 0 radical (unpaired) electrons. The van der Waals surface area contributed by atoms with Crippen LogP contribution in [0.2, 0.25) is 0 Å². The summed E-state index contributed by atoms with van der Waals surface area (Å²) >= 11 is 1.75. The maximum atomic E-state index is 4.51. The number of rotatable bonds is 2. The van der Waals surface area contributed by atoms with Gasteiger partial charge in [-0.3, -0.25) is 0 Å². The van der Waals surface area contributed by atoms with Crippen LogP contribution in [0.25, 0.3) is 20.3 Å². The van der Waals surface area contributed by atoms with Crippen LogP contribution < -0.4 is 5.32 Å². The van der Waals surface area contributed by atoms with Crippen LogP contribution in [0.15, 0.2) is 30.6 Å². The van der Waals surface area contributed by atoms with Gasteiger partial charge in [0.25, 0.3) is 0 Å². The predicted molar refractivity (Wildman–Crippen MR) is 96.8 cm³/mol. The van der Waals surface area contributed by atoms with E-state index >= 15 is 0 Å². The van der Waals surface area contributed by atoms with Gasteiger partial charge in [-0.15, -0.1) is 11.3 Å². The van der Waals surface area contributed by atoms with Crippen LogP contribution in [0.1, 0.15) is 46.0 Å². The lowest BCUT2D eigenvalue weighted by atomic mass is 9.95. The van der Waals surface area contributed by atoms with Gasteiger partial charge in [0.1, 0.15) is 17.0 Å². The second-order valence-corrected chi connectivity index (χ2v) is 6.51. The van der Waals surface area contributed by atoms with E-state index in [1.54, 1.807) is 17.7 Å². The molecule has 1 aliphatic rings. The summed E-state index contributed by atoms with van der Waals surface area (Å²) in [4.78, 5) is 10.0. The standard InChI is InChI=1S/C16H17N3S.C2H6/c1-2-6-11(7-3-1)19-15-14-12-8-4-5-9-13(12)20-16(14)18-10-17-15;1-2/h4-5,8-11H,1-3,6-7H2,(H,17,18,19);1-2H3. The number of fused-ring (bicyclic) bond motifs is 3. The minimum absolute atomic E-state index is 0.570. The predicted octanol–water partition coefficient (Wildman–Crippen LogP) is 5.62. The smallest absolute Gasteiger partial charge is 0.139 e. The van der Waals surface area contributed by atoms with Gasteiger partial charge in [0.2, 0.25) is 0 Å². The second kappa shape index (κ2) is 7.05. The molecule has 2 aromatic heterocycles. The molecule has 0 saturated heterocycles. The first-order valence-electron chi connectivity index (χ1n) is 8.30. The summed E-state index contributed by atoms with van der Waals surface area (Å²) < 4.78 is 1.29. The summed E-state index contributed by atoms with van der Waals surface area (Å²) in [5.41, 5.74) is 0. The molecule has 0 atom stereocenters. The zero-order chi connectivity index (χ0) is 15.4. The number of anilines is 1. The molecule has 0 unspecified atom stereocenters. The van der Waals surface area contributed by atoms with E-state index in [2.05, 4.69) is 39.6 Å².